The third-order valence-corrected chi connectivity index (χ3v) is 3.39. The van der Waals surface area contributed by atoms with Crippen LogP contribution < -0.4 is 0 Å². The molecule has 0 N–H and O–H groups in total. The normalized spacial score (nSPS) is 10.6. The van der Waals surface area contributed by atoms with Gasteiger partial charge in [-0.1, -0.05) is 40.9 Å². The predicted molar refractivity (Wildman–Crippen MR) is 71.3 cm³/mol. The lowest BCUT2D eigenvalue weighted by atomic mass is 10.0. The second-order valence-electron chi connectivity index (χ2n) is 3.67. The fourth-order valence-corrected chi connectivity index (χ4v) is 2.35. The van der Waals surface area contributed by atoms with E-state index in [0.717, 1.165) is 12.1 Å². The lowest BCUT2D eigenvalue weighted by Crippen LogP contribution is -2.05. The van der Waals surface area contributed by atoms with Crippen molar-refractivity contribution in [2.24, 2.45) is 0 Å². The topological polar surface area (TPSA) is 17.1 Å². The van der Waals surface area contributed by atoms with Crippen molar-refractivity contribution in [2.45, 2.75) is 0 Å². The summed E-state index contributed by atoms with van der Waals surface area (Å²) in [4.78, 5) is 12.2. The second kappa shape index (κ2) is 5.45. The molecular formula is C13H5Cl3F2O. The Morgan fingerprint density at radius 3 is 2.00 bits per heavy atom. The molecule has 0 saturated carbocycles. The predicted octanol–water partition coefficient (Wildman–Crippen LogP) is 5.16. The van der Waals surface area contributed by atoms with Gasteiger partial charge in [-0.05, 0) is 24.3 Å². The molecule has 0 aromatic heterocycles. The molecule has 0 saturated heterocycles. The highest BCUT2D eigenvalue weighted by Crippen LogP contribution is 2.30. The first-order valence-electron chi connectivity index (χ1n) is 5.05. The lowest BCUT2D eigenvalue weighted by molar-refractivity contribution is 0.103. The molecule has 0 aliphatic rings. The van der Waals surface area contributed by atoms with Crippen LogP contribution in [0.2, 0.25) is 15.1 Å². The van der Waals surface area contributed by atoms with E-state index in [1.807, 2.05) is 0 Å². The van der Waals surface area contributed by atoms with Gasteiger partial charge >= 0.3 is 0 Å². The van der Waals surface area contributed by atoms with E-state index in [1.54, 1.807) is 6.07 Å². The molecule has 0 spiro atoms. The fourth-order valence-electron chi connectivity index (χ4n) is 1.55. The largest absolute Gasteiger partial charge is 0.288 e. The van der Waals surface area contributed by atoms with E-state index >= 15 is 0 Å². The van der Waals surface area contributed by atoms with Gasteiger partial charge in [0, 0.05) is 5.56 Å². The number of benzene rings is 2. The number of carbonyl (C=O) groups excluding carboxylic acids is 1. The van der Waals surface area contributed by atoms with Crippen molar-refractivity contribution in [3.8, 4) is 0 Å². The van der Waals surface area contributed by atoms with Crippen molar-refractivity contribution in [1.29, 1.82) is 0 Å². The van der Waals surface area contributed by atoms with Gasteiger partial charge in [-0.15, -0.1) is 0 Å². The monoisotopic (exact) mass is 320 g/mol. The molecule has 0 atom stereocenters. The average molecular weight is 322 g/mol. The van der Waals surface area contributed by atoms with Gasteiger partial charge in [0.2, 0.25) is 0 Å². The van der Waals surface area contributed by atoms with Crippen LogP contribution in [0, 0.1) is 11.6 Å². The van der Waals surface area contributed by atoms with Crippen molar-refractivity contribution in [3.05, 3.63) is 68.2 Å². The Morgan fingerprint density at radius 2 is 1.42 bits per heavy atom. The molecule has 2 aromatic rings. The van der Waals surface area contributed by atoms with Gasteiger partial charge in [0.25, 0.3) is 0 Å². The Kier molecular flexibility index (Phi) is 4.09. The third kappa shape index (κ3) is 2.73. The first-order valence-corrected chi connectivity index (χ1v) is 6.18. The van der Waals surface area contributed by atoms with Crippen molar-refractivity contribution in [2.75, 3.05) is 0 Å². The summed E-state index contributed by atoms with van der Waals surface area (Å²) in [6.07, 6.45) is 0. The zero-order chi connectivity index (χ0) is 14.2. The zero-order valence-corrected chi connectivity index (χ0v) is 11.5. The summed E-state index contributed by atoms with van der Waals surface area (Å²) >= 11 is 17.5. The van der Waals surface area contributed by atoms with E-state index in [0.29, 0.717) is 0 Å². The summed E-state index contributed by atoms with van der Waals surface area (Å²) in [5.41, 5.74) is -0.200. The Hall–Kier alpha value is -1.16. The number of carbonyl (C=O) groups is 1. The molecular weight excluding hydrogens is 316 g/mol. The minimum absolute atomic E-state index is 0.00117. The molecule has 0 fully saturated rings. The molecule has 0 unspecified atom stereocenters. The molecule has 1 nitrogen and oxygen atoms in total. The van der Waals surface area contributed by atoms with Crippen LogP contribution in [0.4, 0.5) is 8.78 Å². The van der Waals surface area contributed by atoms with Crippen LogP contribution in [0.25, 0.3) is 0 Å². The molecule has 0 aliphatic carbocycles. The molecule has 0 bridgehead atoms. The summed E-state index contributed by atoms with van der Waals surface area (Å²) in [6, 6.07) is 5.95. The average Bonchev–Trinajstić information content (AvgIpc) is 2.33. The maximum absolute atomic E-state index is 13.2. The van der Waals surface area contributed by atoms with Crippen LogP contribution in [-0.4, -0.2) is 5.78 Å². The minimum Gasteiger partial charge on any atom is -0.288 e. The zero-order valence-electron chi connectivity index (χ0n) is 9.18. The SMILES string of the molecule is O=C(c1cc(F)c(F)cc1Cl)c1c(Cl)cccc1Cl. The number of halogens is 5. The number of hydrogen-bond acceptors (Lipinski definition) is 1. The van der Waals surface area contributed by atoms with E-state index in [-0.39, 0.29) is 26.2 Å². The molecule has 0 aliphatic heterocycles. The van der Waals surface area contributed by atoms with Crippen molar-refractivity contribution >= 4 is 40.6 Å². The standard InChI is InChI=1S/C13H5Cl3F2O/c14-7-2-1-3-8(15)12(7)13(19)6-4-10(17)11(18)5-9(6)16/h1-5H. The second-order valence-corrected chi connectivity index (χ2v) is 4.89. The summed E-state index contributed by atoms with van der Waals surface area (Å²) in [6.45, 7) is 0. The highest BCUT2D eigenvalue weighted by Gasteiger charge is 2.21. The van der Waals surface area contributed by atoms with Gasteiger partial charge in [0.1, 0.15) is 0 Å². The summed E-state index contributed by atoms with van der Waals surface area (Å²) in [5.74, 6) is -2.97. The van der Waals surface area contributed by atoms with E-state index in [2.05, 4.69) is 0 Å². The van der Waals surface area contributed by atoms with Crippen molar-refractivity contribution < 1.29 is 13.6 Å². The Morgan fingerprint density at radius 1 is 0.895 bits per heavy atom. The maximum Gasteiger partial charge on any atom is 0.197 e. The molecule has 0 amide bonds. The van der Waals surface area contributed by atoms with Crippen LogP contribution in [0.3, 0.4) is 0 Å². The van der Waals surface area contributed by atoms with Crippen molar-refractivity contribution in [1.82, 2.24) is 0 Å². The van der Waals surface area contributed by atoms with Crippen LogP contribution in [0.1, 0.15) is 15.9 Å². The Balaban J connectivity index is 2.60. The number of rotatable bonds is 2. The van der Waals surface area contributed by atoms with E-state index in [4.69, 9.17) is 34.8 Å². The molecule has 0 heterocycles. The molecule has 6 heteroatoms. The molecule has 98 valence electrons. The lowest BCUT2D eigenvalue weighted by Gasteiger charge is -2.08. The number of hydrogen-bond donors (Lipinski definition) is 0. The first-order chi connectivity index (χ1) is 8.91. The summed E-state index contributed by atoms with van der Waals surface area (Å²) in [7, 11) is 0. The van der Waals surface area contributed by atoms with E-state index in [1.165, 1.54) is 12.1 Å². The molecule has 2 aromatic carbocycles. The van der Waals surface area contributed by atoms with Crippen molar-refractivity contribution in [3.63, 3.8) is 0 Å². The van der Waals surface area contributed by atoms with Gasteiger partial charge in [-0.2, -0.15) is 0 Å². The molecule has 2 rings (SSSR count). The van der Waals surface area contributed by atoms with Crippen LogP contribution in [-0.2, 0) is 0 Å². The summed E-state index contributed by atoms with van der Waals surface area (Å²) < 4.78 is 26.1. The third-order valence-electron chi connectivity index (χ3n) is 2.44. The van der Waals surface area contributed by atoms with Gasteiger partial charge in [-0.25, -0.2) is 8.78 Å². The van der Waals surface area contributed by atoms with Crippen LogP contribution in [0.5, 0.6) is 0 Å². The van der Waals surface area contributed by atoms with Gasteiger partial charge in [-0.3, -0.25) is 4.79 Å². The van der Waals surface area contributed by atoms with E-state index < -0.39 is 17.4 Å². The van der Waals surface area contributed by atoms with Gasteiger partial charge in [0.15, 0.2) is 17.4 Å². The Bertz CT molecular complexity index is 651. The van der Waals surface area contributed by atoms with Gasteiger partial charge < -0.3 is 0 Å². The Labute approximate surface area is 122 Å². The first kappa shape index (κ1) is 14.3. The summed E-state index contributed by atoms with van der Waals surface area (Å²) in [5, 5.41) is 0.0106. The van der Waals surface area contributed by atoms with Crippen LogP contribution in [0.15, 0.2) is 30.3 Å². The highest BCUT2D eigenvalue weighted by molar-refractivity contribution is 6.42. The molecule has 0 radical (unpaired) electrons. The molecule has 19 heavy (non-hydrogen) atoms. The van der Waals surface area contributed by atoms with E-state index in [9.17, 15) is 13.6 Å². The quantitative estimate of drug-likeness (QED) is 0.552. The van der Waals surface area contributed by atoms with Gasteiger partial charge in [0.05, 0.1) is 20.6 Å². The minimum atomic E-state index is -1.17. The fraction of sp³-hybridized carbons (Fsp3) is 0. The smallest absolute Gasteiger partial charge is 0.197 e. The van der Waals surface area contributed by atoms with Crippen LogP contribution >= 0.6 is 34.8 Å². The highest BCUT2D eigenvalue weighted by atomic mass is 35.5. The number of ketones is 1. The maximum atomic E-state index is 13.2.